The first-order valence-electron chi connectivity index (χ1n) is 5.50. The molecule has 0 amide bonds. The first-order chi connectivity index (χ1) is 7.19. The average Bonchev–Trinajstić information content (AvgIpc) is 2.18. The van der Waals surface area contributed by atoms with Gasteiger partial charge in [0.2, 0.25) is 0 Å². The Morgan fingerprint density at radius 2 is 2.20 bits per heavy atom. The van der Waals surface area contributed by atoms with Gasteiger partial charge in [0.15, 0.2) is 0 Å². The molecule has 0 aliphatic carbocycles. The summed E-state index contributed by atoms with van der Waals surface area (Å²) in [5, 5.41) is 3.13. The fraction of sp³-hybridized carbons (Fsp3) is 0.583. The van der Waals surface area contributed by atoms with E-state index >= 15 is 0 Å². The van der Waals surface area contributed by atoms with Gasteiger partial charge in [-0.25, -0.2) is 4.98 Å². The Labute approximate surface area is 92.5 Å². The lowest BCUT2D eigenvalue weighted by Gasteiger charge is -2.19. The van der Waals surface area contributed by atoms with Crippen LogP contribution in [0, 0.1) is 6.92 Å². The van der Waals surface area contributed by atoms with Gasteiger partial charge in [0.05, 0.1) is 0 Å². The zero-order valence-corrected chi connectivity index (χ0v) is 10.2. The monoisotopic (exact) mass is 207 g/mol. The number of hydrogen-bond donors (Lipinski definition) is 1. The van der Waals surface area contributed by atoms with Gasteiger partial charge in [-0.15, -0.1) is 0 Å². The van der Waals surface area contributed by atoms with Crippen LogP contribution in [0.25, 0.3) is 0 Å². The van der Waals surface area contributed by atoms with E-state index in [-0.39, 0.29) is 0 Å². The van der Waals surface area contributed by atoms with Crippen LogP contribution in [0.3, 0.4) is 0 Å². The summed E-state index contributed by atoms with van der Waals surface area (Å²) in [6.45, 7) is 6.24. The number of pyridine rings is 1. The lowest BCUT2D eigenvalue weighted by Crippen LogP contribution is -2.20. The molecule has 0 aliphatic rings. The number of nitrogens with one attached hydrogen (secondary N) is 1. The van der Waals surface area contributed by atoms with Crippen molar-refractivity contribution in [3.8, 4) is 0 Å². The normalized spacial score (nSPS) is 10.4. The van der Waals surface area contributed by atoms with Crippen molar-refractivity contribution in [2.24, 2.45) is 0 Å². The van der Waals surface area contributed by atoms with Crippen molar-refractivity contribution in [1.29, 1.82) is 0 Å². The van der Waals surface area contributed by atoms with E-state index in [0.29, 0.717) is 0 Å². The standard InChI is InChI=1S/C12H21N3/c1-5-6-15(4)12-10(2)7-11(8-13-3)9-14-12/h7,9,13H,5-6,8H2,1-4H3. The molecule has 0 spiro atoms. The molecule has 1 aromatic heterocycles. The zero-order valence-electron chi connectivity index (χ0n) is 10.2. The molecule has 3 heteroatoms. The third kappa shape index (κ3) is 3.20. The minimum absolute atomic E-state index is 0.881. The van der Waals surface area contributed by atoms with Gasteiger partial charge in [0.1, 0.15) is 5.82 Å². The van der Waals surface area contributed by atoms with Crippen molar-refractivity contribution in [1.82, 2.24) is 10.3 Å². The molecule has 15 heavy (non-hydrogen) atoms. The van der Waals surface area contributed by atoms with Crippen LogP contribution in [0.15, 0.2) is 12.3 Å². The van der Waals surface area contributed by atoms with Gasteiger partial charge in [-0.1, -0.05) is 6.92 Å². The fourth-order valence-corrected chi connectivity index (χ4v) is 1.77. The van der Waals surface area contributed by atoms with E-state index in [1.54, 1.807) is 0 Å². The second-order valence-electron chi connectivity index (χ2n) is 3.94. The average molecular weight is 207 g/mol. The SMILES string of the molecule is CCCN(C)c1ncc(CNC)cc1C. The lowest BCUT2D eigenvalue weighted by atomic mass is 10.2. The minimum atomic E-state index is 0.881. The first-order valence-corrected chi connectivity index (χ1v) is 5.50. The van der Waals surface area contributed by atoms with Crippen LogP contribution >= 0.6 is 0 Å². The zero-order chi connectivity index (χ0) is 11.3. The van der Waals surface area contributed by atoms with Gasteiger partial charge in [-0.05, 0) is 37.6 Å². The maximum atomic E-state index is 4.50. The summed E-state index contributed by atoms with van der Waals surface area (Å²) in [5.41, 5.74) is 2.49. The molecule has 0 aliphatic heterocycles. The van der Waals surface area contributed by atoms with Crippen molar-refractivity contribution in [2.75, 3.05) is 25.5 Å². The molecular formula is C12H21N3. The first kappa shape index (κ1) is 12.0. The highest BCUT2D eigenvalue weighted by Crippen LogP contribution is 2.16. The molecule has 84 valence electrons. The van der Waals surface area contributed by atoms with Crippen LogP contribution < -0.4 is 10.2 Å². The molecule has 0 bridgehead atoms. The van der Waals surface area contributed by atoms with Gasteiger partial charge in [0.25, 0.3) is 0 Å². The van der Waals surface area contributed by atoms with Crippen molar-refractivity contribution in [2.45, 2.75) is 26.8 Å². The Hall–Kier alpha value is -1.09. The Morgan fingerprint density at radius 3 is 2.73 bits per heavy atom. The molecule has 0 radical (unpaired) electrons. The van der Waals surface area contributed by atoms with Crippen LogP contribution in [0.4, 0.5) is 5.82 Å². The predicted molar refractivity (Wildman–Crippen MR) is 65.3 cm³/mol. The number of rotatable bonds is 5. The Kier molecular flexibility index (Phi) is 4.56. The van der Waals surface area contributed by atoms with E-state index in [1.165, 1.54) is 11.1 Å². The van der Waals surface area contributed by atoms with Gasteiger partial charge < -0.3 is 10.2 Å². The molecule has 0 saturated heterocycles. The molecule has 3 nitrogen and oxygen atoms in total. The van der Waals surface area contributed by atoms with Crippen molar-refractivity contribution < 1.29 is 0 Å². The van der Waals surface area contributed by atoms with E-state index in [4.69, 9.17) is 0 Å². The third-order valence-corrected chi connectivity index (χ3v) is 2.41. The van der Waals surface area contributed by atoms with Gasteiger partial charge in [-0.3, -0.25) is 0 Å². The Balaban J connectivity index is 2.82. The summed E-state index contributed by atoms with van der Waals surface area (Å²) >= 11 is 0. The summed E-state index contributed by atoms with van der Waals surface area (Å²) in [6, 6.07) is 2.20. The predicted octanol–water partition coefficient (Wildman–Crippen LogP) is 1.96. The van der Waals surface area contributed by atoms with Gasteiger partial charge >= 0.3 is 0 Å². The van der Waals surface area contributed by atoms with Crippen LogP contribution in [-0.4, -0.2) is 25.6 Å². The highest BCUT2D eigenvalue weighted by Gasteiger charge is 2.05. The van der Waals surface area contributed by atoms with Crippen LogP contribution in [0.1, 0.15) is 24.5 Å². The Morgan fingerprint density at radius 1 is 1.47 bits per heavy atom. The van der Waals surface area contributed by atoms with E-state index < -0.39 is 0 Å². The summed E-state index contributed by atoms with van der Waals surface area (Å²) < 4.78 is 0. The number of anilines is 1. The number of hydrogen-bond acceptors (Lipinski definition) is 3. The number of aryl methyl sites for hydroxylation is 1. The molecule has 1 rings (SSSR count). The lowest BCUT2D eigenvalue weighted by molar-refractivity contribution is 0.802. The van der Waals surface area contributed by atoms with Crippen LogP contribution in [0.5, 0.6) is 0 Å². The Bertz CT molecular complexity index is 310. The molecule has 0 atom stereocenters. The van der Waals surface area contributed by atoms with Crippen molar-refractivity contribution in [3.05, 3.63) is 23.4 Å². The van der Waals surface area contributed by atoms with E-state index in [2.05, 4.69) is 42.2 Å². The molecule has 0 aromatic carbocycles. The van der Waals surface area contributed by atoms with E-state index in [0.717, 1.165) is 25.3 Å². The second kappa shape index (κ2) is 5.71. The van der Waals surface area contributed by atoms with Gasteiger partial charge in [-0.2, -0.15) is 0 Å². The van der Waals surface area contributed by atoms with Crippen molar-refractivity contribution in [3.63, 3.8) is 0 Å². The van der Waals surface area contributed by atoms with Crippen LogP contribution in [-0.2, 0) is 6.54 Å². The van der Waals surface area contributed by atoms with E-state index in [9.17, 15) is 0 Å². The number of aromatic nitrogens is 1. The van der Waals surface area contributed by atoms with Crippen LogP contribution in [0.2, 0.25) is 0 Å². The molecule has 0 unspecified atom stereocenters. The molecule has 1 heterocycles. The van der Waals surface area contributed by atoms with Crippen molar-refractivity contribution >= 4 is 5.82 Å². The number of nitrogens with zero attached hydrogens (tertiary/aromatic N) is 2. The summed E-state index contributed by atoms with van der Waals surface area (Å²) in [5.74, 6) is 1.09. The second-order valence-corrected chi connectivity index (χ2v) is 3.94. The largest absolute Gasteiger partial charge is 0.359 e. The summed E-state index contributed by atoms with van der Waals surface area (Å²) in [7, 11) is 4.04. The quantitative estimate of drug-likeness (QED) is 0.800. The summed E-state index contributed by atoms with van der Waals surface area (Å²) in [4.78, 5) is 6.71. The maximum Gasteiger partial charge on any atom is 0.131 e. The molecule has 0 saturated carbocycles. The maximum absolute atomic E-state index is 4.50. The highest BCUT2D eigenvalue weighted by molar-refractivity contribution is 5.46. The van der Waals surface area contributed by atoms with Gasteiger partial charge in [0, 0.05) is 26.3 Å². The molecule has 1 N–H and O–H groups in total. The fourth-order valence-electron chi connectivity index (χ4n) is 1.77. The summed E-state index contributed by atoms with van der Waals surface area (Å²) in [6.07, 6.45) is 3.10. The topological polar surface area (TPSA) is 28.2 Å². The minimum Gasteiger partial charge on any atom is -0.359 e. The van der Waals surface area contributed by atoms with E-state index in [1.807, 2.05) is 13.2 Å². The smallest absolute Gasteiger partial charge is 0.131 e. The third-order valence-electron chi connectivity index (χ3n) is 2.41. The molecule has 1 aromatic rings. The molecule has 0 fully saturated rings. The molecular weight excluding hydrogens is 186 g/mol. The highest BCUT2D eigenvalue weighted by atomic mass is 15.2.